The van der Waals surface area contributed by atoms with Gasteiger partial charge in [-0.15, -0.1) is 0 Å². The number of aromatic nitrogens is 2. The Kier molecular flexibility index (Phi) is 4.52. The molecule has 1 N–H and O–H groups in total. The van der Waals surface area contributed by atoms with E-state index in [4.69, 9.17) is 0 Å². The lowest BCUT2D eigenvalue weighted by atomic mass is 10.0. The fourth-order valence-electron chi connectivity index (χ4n) is 1.90. The molecule has 19 heavy (non-hydrogen) atoms. The van der Waals surface area contributed by atoms with Gasteiger partial charge in [-0.25, -0.2) is 18.7 Å². The summed E-state index contributed by atoms with van der Waals surface area (Å²) in [7, 11) is 0. The van der Waals surface area contributed by atoms with Gasteiger partial charge in [0.15, 0.2) is 0 Å². The summed E-state index contributed by atoms with van der Waals surface area (Å²) in [4.78, 5) is 8.34. The van der Waals surface area contributed by atoms with Crippen molar-refractivity contribution in [3.8, 4) is 0 Å². The minimum atomic E-state index is -0.572. The summed E-state index contributed by atoms with van der Waals surface area (Å²) < 4.78 is 26.5. The number of likely N-dealkylation sites (N-methyl/N-ethyl adjacent to an activating group) is 1. The molecular formula is C14H15F2N3. The van der Waals surface area contributed by atoms with Gasteiger partial charge in [0.25, 0.3) is 0 Å². The van der Waals surface area contributed by atoms with Crippen LogP contribution in [0.25, 0.3) is 0 Å². The molecule has 0 spiro atoms. The second-order valence-corrected chi connectivity index (χ2v) is 4.16. The maximum absolute atomic E-state index is 13.7. The summed E-state index contributed by atoms with van der Waals surface area (Å²) in [5, 5.41) is 3.20. The number of hydrogen-bond acceptors (Lipinski definition) is 3. The van der Waals surface area contributed by atoms with Crippen LogP contribution in [-0.4, -0.2) is 16.5 Å². The lowest BCUT2D eigenvalue weighted by molar-refractivity contribution is 0.501. The summed E-state index contributed by atoms with van der Waals surface area (Å²) in [6, 6.07) is 5.14. The third kappa shape index (κ3) is 3.54. The number of nitrogens with one attached hydrogen (secondary N) is 1. The van der Waals surface area contributed by atoms with Gasteiger partial charge in [0.05, 0.1) is 6.04 Å². The molecule has 1 heterocycles. The molecule has 1 aromatic carbocycles. The highest BCUT2D eigenvalue weighted by molar-refractivity contribution is 5.20. The van der Waals surface area contributed by atoms with Crippen LogP contribution in [0.4, 0.5) is 8.78 Å². The van der Waals surface area contributed by atoms with Gasteiger partial charge < -0.3 is 5.32 Å². The van der Waals surface area contributed by atoms with Crippen molar-refractivity contribution in [2.75, 3.05) is 6.54 Å². The zero-order valence-corrected chi connectivity index (χ0v) is 10.6. The van der Waals surface area contributed by atoms with Crippen LogP contribution in [0.5, 0.6) is 0 Å². The van der Waals surface area contributed by atoms with Crippen LogP contribution < -0.4 is 5.32 Å². The Morgan fingerprint density at radius 1 is 1.21 bits per heavy atom. The van der Waals surface area contributed by atoms with E-state index in [-0.39, 0.29) is 6.04 Å². The maximum Gasteiger partial charge on any atom is 0.145 e. The first kappa shape index (κ1) is 13.5. The molecule has 1 unspecified atom stereocenters. The van der Waals surface area contributed by atoms with Crippen molar-refractivity contribution < 1.29 is 8.78 Å². The van der Waals surface area contributed by atoms with Crippen LogP contribution in [0.15, 0.2) is 36.7 Å². The smallest absolute Gasteiger partial charge is 0.145 e. The number of halogens is 2. The van der Waals surface area contributed by atoms with Gasteiger partial charge in [0.1, 0.15) is 17.5 Å². The molecule has 0 aliphatic heterocycles. The van der Waals surface area contributed by atoms with Crippen LogP contribution in [0.1, 0.15) is 24.4 Å². The second kappa shape index (κ2) is 6.33. The highest BCUT2D eigenvalue weighted by Crippen LogP contribution is 2.18. The van der Waals surface area contributed by atoms with Crippen LogP contribution in [-0.2, 0) is 6.42 Å². The lowest BCUT2D eigenvalue weighted by Crippen LogP contribution is -2.25. The molecule has 1 aromatic heterocycles. The van der Waals surface area contributed by atoms with E-state index < -0.39 is 11.6 Å². The molecule has 0 bridgehead atoms. The molecule has 2 aromatic rings. The molecule has 100 valence electrons. The Balaban J connectivity index is 2.21. The molecular weight excluding hydrogens is 248 g/mol. The van der Waals surface area contributed by atoms with E-state index in [0.717, 1.165) is 6.07 Å². The van der Waals surface area contributed by atoms with E-state index in [9.17, 15) is 8.78 Å². The minimum absolute atomic E-state index is 0.189. The van der Waals surface area contributed by atoms with Crippen molar-refractivity contribution in [1.82, 2.24) is 15.3 Å². The average molecular weight is 263 g/mol. The monoisotopic (exact) mass is 263 g/mol. The van der Waals surface area contributed by atoms with Gasteiger partial charge in [-0.2, -0.15) is 0 Å². The zero-order chi connectivity index (χ0) is 13.7. The number of nitrogens with zero attached hydrogens (tertiary/aromatic N) is 2. The average Bonchev–Trinajstić information content (AvgIpc) is 2.42. The zero-order valence-electron chi connectivity index (χ0n) is 10.6. The molecule has 3 nitrogen and oxygen atoms in total. The van der Waals surface area contributed by atoms with Gasteiger partial charge in [0, 0.05) is 18.5 Å². The maximum atomic E-state index is 13.7. The van der Waals surface area contributed by atoms with Crippen LogP contribution >= 0.6 is 0 Å². The summed E-state index contributed by atoms with van der Waals surface area (Å²) >= 11 is 0. The molecule has 0 saturated heterocycles. The minimum Gasteiger partial charge on any atom is -0.307 e. The topological polar surface area (TPSA) is 37.8 Å². The van der Waals surface area contributed by atoms with Crippen molar-refractivity contribution in [3.05, 3.63) is 59.7 Å². The summed E-state index contributed by atoms with van der Waals surface area (Å²) in [5.74, 6) is -0.510. The first-order valence-electron chi connectivity index (χ1n) is 6.15. The lowest BCUT2D eigenvalue weighted by Gasteiger charge is -2.16. The molecule has 0 aliphatic carbocycles. The molecule has 0 radical (unpaired) electrons. The summed E-state index contributed by atoms with van der Waals surface area (Å²) in [6.07, 6.45) is 3.67. The van der Waals surface area contributed by atoms with Crippen LogP contribution in [0.2, 0.25) is 0 Å². The predicted molar refractivity (Wildman–Crippen MR) is 68.5 cm³/mol. The standard InChI is InChI=1S/C14H15F2N3/c1-2-17-13(14-18-6-3-7-19-14)8-10-4-5-11(15)9-12(10)16/h3-7,9,13,17H,2,8H2,1H3. The molecule has 0 saturated carbocycles. The molecule has 5 heteroatoms. The van der Waals surface area contributed by atoms with E-state index in [1.807, 2.05) is 6.92 Å². The van der Waals surface area contributed by atoms with Crippen molar-refractivity contribution in [1.29, 1.82) is 0 Å². The Bertz CT molecular complexity index is 531. The van der Waals surface area contributed by atoms with E-state index in [0.29, 0.717) is 24.4 Å². The SMILES string of the molecule is CCNC(Cc1ccc(F)cc1F)c1ncccn1. The van der Waals surface area contributed by atoms with Crippen LogP contribution in [0, 0.1) is 11.6 Å². The third-order valence-electron chi connectivity index (χ3n) is 2.79. The Morgan fingerprint density at radius 3 is 2.58 bits per heavy atom. The molecule has 0 fully saturated rings. The van der Waals surface area contributed by atoms with Gasteiger partial charge in [-0.3, -0.25) is 0 Å². The van der Waals surface area contributed by atoms with Crippen LogP contribution in [0.3, 0.4) is 0 Å². The Labute approximate surface area is 110 Å². The summed E-state index contributed by atoms with van der Waals surface area (Å²) in [6.45, 7) is 2.67. The second-order valence-electron chi connectivity index (χ2n) is 4.16. The van der Waals surface area contributed by atoms with E-state index in [2.05, 4.69) is 15.3 Å². The van der Waals surface area contributed by atoms with Gasteiger partial charge in [-0.05, 0) is 30.7 Å². The molecule has 0 amide bonds. The van der Waals surface area contributed by atoms with Gasteiger partial charge in [0.2, 0.25) is 0 Å². The number of benzene rings is 1. The predicted octanol–water partition coefficient (Wildman–Crippen LogP) is 2.65. The number of rotatable bonds is 5. The highest BCUT2D eigenvalue weighted by atomic mass is 19.1. The van der Waals surface area contributed by atoms with Gasteiger partial charge in [-0.1, -0.05) is 13.0 Å². The number of hydrogen-bond donors (Lipinski definition) is 1. The fraction of sp³-hybridized carbons (Fsp3) is 0.286. The quantitative estimate of drug-likeness (QED) is 0.901. The van der Waals surface area contributed by atoms with E-state index in [1.165, 1.54) is 12.1 Å². The summed E-state index contributed by atoms with van der Waals surface area (Å²) in [5.41, 5.74) is 0.444. The molecule has 1 atom stereocenters. The first-order valence-corrected chi connectivity index (χ1v) is 6.15. The third-order valence-corrected chi connectivity index (χ3v) is 2.79. The van der Waals surface area contributed by atoms with Crippen molar-refractivity contribution in [3.63, 3.8) is 0 Å². The van der Waals surface area contributed by atoms with Crippen molar-refractivity contribution >= 4 is 0 Å². The molecule has 2 rings (SSSR count). The van der Waals surface area contributed by atoms with E-state index >= 15 is 0 Å². The Morgan fingerprint density at radius 2 is 1.95 bits per heavy atom. The van der Waals surface area contributed by atoms with Crippen molar-refractivity contribution in [2.45, 2.75) is 19.4 Å². The fourth-order valence-corrected chi connectivity index (χ4v) is 1.90. The first-order chi connectivity index (χ1) is 9.20. The highest BCUT2D eigenvalue weighted by Gasteiger charge is 2.16. The van der Waals surface area contributed by atoms with Gasteiger partial charge >= 0.3 is 0 Å². The largest absolute Gasteiger partial charge is 0.307 e. The molecule has 0 aliphatic rings. The normalized spacial score (nSPS) is 12.4. The Hall–Kier alpha value is -1.88. The van der Waals surface area contributed by atoms with E-state index in [1.54, 1.807) is 18.5 Å². The van der Waals surface area contributed by atoms with Crippen molar-refractivity contribution in [2.24, 2.45) is 0 Å².